The molecule has 0 fully saturated rings. The van der Waals surface area contributed by atoms with Gasteiger partial charge in [-0.3, -0.25) is 4.79 Å². The Morgan fingerprint density at radius 2 is 2.07 bits per heavy atom. The van der Waals surface area contributed by atoms with Crippen LogP contribution in [0.1, 0.15) is 33.9 Å². The molecule has 2 heterocycles. The number of Topliss-reactive ketones (excluding diaryl/α,β-unsaturated/α-hetero) is 1. The van der Waals surface area contributed by atoms with Crippen molar-refractivity contribution in [3.8, 4) is 28.7 Å². The van der Waals surface area contributed by atoms with Crippen LogP contribution in [0.5, 0.6) is 28.7 Å². The van der Waals surface area contributed by atoms with Gasteiger partial charge in [0.2, 0.25) is 12.5 Å². The zero-order chi connectivity index (χ0) is 19.8. The number of quaternary nitrogens is 1. The summed E-state index contributed by atoms with van der Waals surface area (Å²) in [6.07, 6.45) is 1.11. The molecule has 1 unspecified atom stereocenters. The number of rotatable bonds is 5. The standard InChI is InChI=1S/C21H23NO6/c1-22-7-6-12-8-18-20(28-11-27-18)21(26-3)19(12)15(22)10-17(24)14-5-4-13(25-2)9-16(14)23/h4-5,8-9,15,23H,6-7,10-11H2,1-3H3/p+1/t15-/m1/s1. The van der Waals surface area contributed by atoms with Crippen molar-refractivity contribution in [2.24, 2.45) is 0 Å². The molecule has 0 bridgehead atoms. The number of nitrogens with one attached hydrogen (secondary N) is 1. The van der Waals surface area contributed by atoms with Gasteiger partial charge in [0.25, 0.3) is 0 Å². The molecule has 7 nitrogen and oxygen atoms in total. The third-order valence-corrected chi connectivity index (χ3v) is 5.57. The maximum absolute atomic E-state index is 13.0. The summed E-state index contributed by atoms with van der Waals surface area (Å²) in [5.41, 5.74) is 2.39. The summed E-state index contributed by atoms with van der Waals surface area (Å²) >= 11 is 0. The molecule has 0 amide bonds. The fourth-order valence-corrected chi connectivity index (χ4v) is 4.07. The highest BCUT2D eigenvalue weighted by Crippen LogP contribution is 2.48. The van der Waals surface area contributed by atoms with Crippen LogP contribution in [-0.4, -0.2) is 45.5 Å². The lowest BCUT2D eigenvalue weighted by atomic mass is 9.87. The number of ether oxygens (including phenoxy) is 4. The molecule has 0 saturated heterocycles. The number of likely N-dealkylation sites (N-methyl/N-ethyl adjacent to an activating group) is 1. The lowest BCUT2D eigenvalue weighted by Gasteiger charge is -2.32. The Morgan fingerprint density at radius 3 is 2.79 bits per heavy atom. The molecule has 0 spiro atoms. The van der Waals surface area contributed by atoms with Crippen molar-refractivity contribution in [2.45, 2.75) is 18.9 Å². The van der Waals surface area contributed by atoms with Crippen LogP contribution in [0, 0.1) is 0 Å². The first-order valence-corrected chi connectivity index (χ1v) is 9.25. The first kappa shape index (κ1) is 18.4. The van der Waals surface area contributed by atoms with Gasteiger partial charge < -0.3 is 29.0 Å². The number of hydrogen-bond acceptors (Lipinski definition) is 6. The highest BCUT2D eigenvalue weighted by atomic mass is 16.7. The normalized spacial score (nSPS) is 19.8. The Bertz CT molecular complexity index is 926. The van der Waals surface area contributed by atoms with Gasteiger partial charge in [0, 0.05) is 12.5 Å². The number of carbonyl (C=O) groups is 1. The number of aromatic hydroxyl groups is 1. The molecule has 0 aromatic heterocycles. The minimum absolute atomic E-state index is 0.0734. The van der Waals surface area contributed by atoms with Crippen molar-refractivity contribution in [3.05, 3.63) is 41.0 Å². The number of phenols is 1. The van der Waals surface area contributed by atoms with E-state index < -0.39 is 0 Å². The van der Waals surface area contributed by atoms with E-state index >= 15 is 0 Å². The van der Waals surface area contributed by atoms with Gasteiger partial charge in [-0.25, -0.2) is 0 Å². The summed E-state index contributed by atoms with van der Waals surface area (Å²) in [7, 11) is 5.19. The summed E-state index contributed by atoms with van der Waals surface area (Å²) in [5.74, 6) is 2.23. The Labute approximate surface area is 163 Å². The molecule has 2 N–H and O–H groups in total. The van der Waals surface area contributed by atoms with Gasteiger partial charge in [-0.1, -0.05) is 0 Å². The summed E-state index contributed by atoms with van der Waals surface area (Å²) in [4.78, 5) is 14.2. The number of hydrogen-bond donors (Lipinski definition) is 2. The van der Waals surface area contributed by atoms with Crippen molar-refractivity contribution in [1.29, 1.82) is 0 Å². The summed E-state index contributed by atoms with van der Waals surface area (Å²) < 4.78 is 21.9. The topological polar surface area (TPSA) is 78.7 Å². The summed E-state index contributed by atoms with van der Waals surface area (Å²) in [6, 6.07) is 6.62. The SMILES string of the molecule is COc1ccc(C(=O)C[C@@H]2c3c(cc4c(c3OC)OCO4)CC[NH+]2C)c(O)c1. The smallest absolute Gasteiger partial charge is 0.231 e. The fraction of sp³-hybridized carbons (Fsp3) is 0.381. The molecule has 2 aliphatic heterocycles. The molecule has 2 aromatic carbocycles. The van der Waals surface area contributed by atoms with E-state index in [1.807, 2.05) is 6.07 Å². The highest BCUT2D eigenvalue weighted by Gasteiger charge is 2.38. The summed E-state index contributed by atoms with van der Waals surface area (Å²) in [6.45, 7) is 1.06. The van der Waals surface area contributed by atoms with E-state index in [1.54, 1.807) is 19.2 Å². The van der Waals surface area contributed by atoms with Gasteiger partial charge in [0.1, 0.15) is 17.5 Å². The van der Waals surface area contributed by atoms with Crippen LogP contribution >= 0.6 is 0 Å². The summed E-state index contributed by atoms with van der Waals surface area (Å²) in [5, 5.41) is 10.2. The molecule has 148 valence electrons. The van der Waals surface area contributed by atoms with Crippen LogP contribution in [0.2, 0.25) is 0 Å². The highest BCUT2D eigenvalue weighted by molar-refractivity contribution is 5.99. The van der Waals surface area contributed by atoms with Crippen LogP contribution in [0.15, 0.2) is 24.3 Å². The molecule has 2 aromatic rings. The average Bonchev–Trinajstić information content (AvgIpc) is 3.16. The minimum atomic E-state index is -0.128. The third kappa shape index (κ3) is 3.01. The van der Waals surface area contributed by atoms with Gasteiger partial charge >= 0.3 is 0 Å². The van der Waals surface area contributed by atoms with E-state index in [2.05, 4.69) is 7.05 Å². The maximum atomic E-state index is 13.0. The third-order valence-electron chi connectivity index (χ3n) is 5.57. The van der Waals surface area contributed by atoms with Crippen LogP contribution < -0.4 is 23.8 Å². The predicted octanol–water partition coefficient (Wildman–Crippen LogP) is 1.52. The van der Waals surface area contributed by atoms with Gasteiger partial charge in [-0.05, 0) is 23.8 Å². The molecule has 0 radical (unpaired) electrons. The number of methoxy groups -OCH3 is 2. The molecule has 0 aliphatic carbocycles. The Hall–Kier alpha value is -2.93. The lowest BCUT2D eigenvalue weighted by Crippen LogP contribution is -3.10. The van der Waals surface area contributed by atoms with Crippen molar-refractivity contribution in [3.63, 3.8) is 0 Å². The molecular weight excluding hydrogens is 362 g/mol. The van der Waals surface area contributed by atoms with Crippen molar-refractivity contribution >= 4 is 5.78 Å². The second-order valence-electron chi connectivity index (χ2n) is 7.13. The molecular formula is C21H24NO6+. The van der Waals surface area contributed by atoms with Crippen LogP contribution in [0.25, 0.3) is 0 Å². The van der Waals surface area contributed by atoms with Crippen molar-refractivity contribution in [1.82, 2.24) is 0 Å². The maximum Gasteiger partial charge on any atom is 0.231 e. The number of phenolic OH excluding ortho intramolecular Hbond substituents is 1. The number of ketones is 1. The molecule has 7 heteroatoms. The molecule has 2 atom stereocenters. The Morgan fingerprint density at radius 1 is 1.25 bits per heavy atom. The average molecular weight is 386 g/mol. The zero-order valence-electron chi connectivity index (χ0n) is 16.2. The largest absolute Gasteiger partial charge is 0.507 e. The van der Waals surface area contributed by atoms with Crippen LogP contribution in [0.3, 0.4) is 0 Å². The molecule has 0 saturated carbocycles. The zero-order valence-corrected chi connectivity index (χ0v) is 16.2. The van der Waals surface area contributed by atoms with Gasteiger partial charge in [-0.15, -0.1) is 0 Å². The van der Waals surface area contributed by atoms with Crippen molar-refractivity contribution in [2.75, 3.05) is 34.6 Å². The Balaban J connectivity index is 1.70. The van der Waals surface area contributed by atoms with Crippen molar-refractivity contribution < 1.29 is 33.7 Å². The molecule has 28 heavy (non-hydrogen) atoms. The molecule has 4 rings (SSSR count). The van der Waals surface area contributed by atoms with Crippen LogP contribution in [-0.2, 0) is 6.42 Å². The first-order chi connectivity index (χ1) is 13.5. The van der Waals surface area contributed by atoms with Gasteiger partial charge in [0.15, 0.2) is 17.3 Å². The second-order valence-corrected chi connectivity index (χ2v) is 7.13. The molecule has 2 aliphatic rings. The van der Waals surface area contributed by atoms with E-state index in [-0.39, 0.29) is 30.8 Å². The Kier molecular flexibility index (Phi) is 4.77. The van der Waals surface area contributed by atoms with E-state index in [0.29, 0.717) is 28.6 Å². The predicted molar refractivity (Wildman–Crippen MR) is 101 cm³/mol. The van der Waals surface area contributed by atoms with Gasteiger partial charge in [0.05, 0.1) is 45.4 Å². The lowest BCUT2D eigenvalue weighted by molar-refractivity contribution is -0.913. The van der Waals surface area contributed by atoms with E-state index in [1.165, 1.54) is 18.1 Å². The van der Waals surface area contributed by atoms with E-state index in [9.17, 15) is 9.90 Å². The van der Waals surface area contributed by atoms with E-state index in [4.69, 9.17) is 18.9 Å². The number of benzene rings is 2. The second kappa shape index (κ2) is 7.24. The quantitative estimate of drug-likeness (QED) is 0.759. The van der Waals surface area contributed by atoms with Gasteiger partial charge in [-0.2, -0.15) is 0 Å². The monoisotopic (exact) mass is 386 g/mol. The minimum Gasteiger partial charge on any atom is -0.507 e. The number of fused-ring (bicyclic) bond motifs is 2. The van der Waals surface area contributed by atoms with Crippen LogP contribution in [0.4, 0.5) is 0 Å². The fourth-order valence-electron chi connectivity index (χ4n) is 4.07. The number of carbonyl (C=O) groups excluding carboxylic acids is 1. The van der Waals surface area contributed by atoms with E-state index in [0.717, 1.165) is 24.1 Å². The first-order valence-electron chi connectivity index (χ1n) is 9.25.